The minimum absolute atomic E-state index is 0.332. The molecule has 0 aliphatic rings. The lowest BCUT2D eigenvalue weighted by molar-refractivity contribution is 0.281. The second-order valence-electron chi connectivity index (χ2n) is 3.42. The van der Waals surface area contributed by atoms with Gasteiger partial charge >= 0.3 is 0 Å². The number of halogens is 3. The third kappa shape index (κ3) is 2.41. The van der Waals surface area contributed by atoms with Gasteiger partial charge in [0, 0.05) is 11.1 Å². The van der Waals surface area contributed by atoms with Crippen LogP contribution in [0.25, 0.3) is 11.3 Å². The fourth-order valence-electron chi connectivity index (χ4n) is 1.55. The van der Waals surface area contributed by atoms with E-state index in [1.54, 1.807) is 18.2 Å². The fraction of sp³-hybridized carbons (Fsp3) is 0.0833. The van der Waals surface area contributed by atoms with Crippen molar-refractivity contribution in [2.45, 2.75) is 6.61 Å². The zero-order valence-corrected chi connectivity index (χ0v) is 10.1. The largest absolute Gasteiger partial charge is 0.392 e. The molecule has 2 aromatic rings. The summed E-state index contributed by atoms with van der Waals surface area (Å²) >= 11 is 12.1. The molecule has 0 spiro atoms. The van der Waals surface area contributed by atoms with Crippen molar-refractivity contribution in [3.63, 3.8) is 0 Å². The molecule has 0 bridgehead atoms. The van der Waals surface area contributed by atoms with Crippen molar-refractivity contribution in [1.82, 2.24) is 4.98 Å². The van der Waals surface area contributed by atoms with E-state index in [9.17, 15) is 9.50 Å². The van der Waals surface area contributed by atoms with E-state index in [2.05, 4.69) is 4.98 Å². The van der Waals surface area contributed by atoms with E-state index in [0.717, 1.165) is 6.20 Å². The van der Waals surface area contributed by atoms with Gasteiger partial charge in [0.1, 0.15) is 5.82 Å². The maximum absolute atomic E-state index is 13.0. The number of nitrogens with zero attached hydrogens (tertiary/aromatic N) is 1. The summed E-state index contributed by atoms with van der Waals surface area (Å²) in [5.41, 5.74) is 1.24. The molecule has 0 saturated heterocycles. The molecule has 1 aromatic heterocycles. The lowest BCUT2D eigenvalue weighted by atomic mass is 10.1. The van der Waals surface area contributed by atoms with Crippen LogP contribution in [-0.2, 0) is 6.61 Å². The number of aliphatic hydroxyl groups excluding tert-OH is 1. The molecule has 1 aromatic carbocycles. The topological polar surface area (TPSA) is 33.1 Å². The SMILES string of the molecule is OCc1cc(F)cnc1-c1c(Cl)cccc1Cl. The third-order valence-corrected chi connectivity index (χ3v) is 2.93. The van der Waals surface area contributed by atoms with E-state index in [1.807, 2.05) is 0 Å². The molecule has 1 heterocycles. The molecule has 0 fully saturated rings. The predicted octanol–water partition coefficient (Wildman–Crippen LogP) is 3.69. The smallest absolute Gasteiger partial charge is 0.141 e. The van der Waals surface area contributed by atoms with E-state index in [0.29, 0.717) is 26.9 Å². The fourth-order valence-corrected chi connectivity index (χ4v) is 2.13. The highest BCUT2D eigenvalue weighted by Gasteiger charge is 2.14. The Bertz CT molecular complexity index is 540. The molecular formula is C12H8Cl2FNO. The normalized spacial score (nSPS) is 10.6. The Hall–Kier alpha value is -1.16. The molecule has 0 atom stereocenters. The van der Waals surface area contributed by atoms with Gasteiger partial charge in [0.25, 0.3) is 0 Å². The van der Waals surface area contributed by atoms with Crippen LogP contribution in [0, 0.1) is 5.82 Å². The van der Waals surface area contributed by atoms with Gasteiger partial charge in [-0.2, -0.15) is 0 Å². The van der Waals surface area contributed by atoms with Gasteiger partial charge in [-0.05, 0) is 18.2 Å². The Morgan fingerprint density at radius 2 is 1.88 bits per heavy atom. The van der Waals surface area contributed by atoms with Crippen LogP contribution in [0.15, 0.2) is 30.5 Å². The van der Waals surface area contributed by atoms with Crippen molar-refractivity contribution in [2.75, 3.05) is 0 Å². The Labute approximate surface area is 108 Å². The third-order valence-electron chi connectivity index (χ3n) is 2.30. The number of rotatable bonds is 2. The van der Waals surface area contributed by atoms with Crippen LogP contribution in [0.3, 0.4) is 0 Å². The summed E-state index contributed by atoms with van der Waals surface area (Å²) in [4.78, 5) is 3.94. The maximum Gasteiger partial charge on any atom is 0.141 e. The average Bonchev–Trinajstić information content (AvgIpc) is 2.30. The highest BCUT2D eigenvalue weighted by molar-refractivity contribution is 6.39. The first kappa shape index (κ1) is 12.3. The van der Waals surface area contributed by atoms with Crippen molar-refractivity contribution in [1.29, 1.82) is 0 Å². The summed E-state index contributed by atoms with van der Waals surface area (Å²) in [6.07, 6.45) is 1.06. The number of aromatic nitrogens is 1. The molecule has 0 unspecified atom stereocenters. The van der Waals surface area contributed by atoms with Crippen LogP contribution >= 0.6 is 23.2 Å². The molecule has 2 nitrogen and oxygen atoms in total. The van der Waals surface area contributed by atoms with Gasteiger partial charge in [0.05, 0.1) is 28.5 Å². The second kappa shape index (κ2) is 5.00. The van der Waals surface area contributed by atoms with Crippen LogP contribution in [0.5, 0.6) is 0 Å². The minimum atomic E-state index is -0.513. The Balaban J connectivity index is 2.68. The molecule has 88 valence electrons. The molecule has 0 radical (unpaired) electrons. The number of benzene rings is 1. The van der Waals surface area contributed by atoms with Gasteiger partial charge < -0.3 is 5.11 Å². The van der Waals surface area contributed by atoms with E-state index >= 15 is 0 Å². The van der Waals surface area contributed by atoms with Crippen LogP contribution in [0.2, 0.25) is 10.0 Å². The van der Waals surface area contributed by atoms with Crippen LogP contribution in [0.4, 0.5) is 4.39 Å². The molecule has 17 heavy (non-hydrogen) atoms. The summed E-state index contributed by atoms with van der Waals surface area (Å²) < 4.78 is 13.0. The number of pyridine rings is 1. The summed E-state index contributed by atoms with van der Waals surface area (Å²) in [6, 6.07) is 6.24. The number of aliphatic hydroxyl groups is 1. The average molecular weight is 272 g/mol. The molecule has 0 aliphatic carbocycles. The highest BCUT2D eigenvalue weighted by atomic mass is 35.5. The predicted molar refractivity (Wildman–Crippen MR) is 65.6 cm³/mol. The first-order chi connectivity index (χ1) is 8.13. The minimum Gasteiger partial charge on any atom is -0.392 e. The quantitative estimate of drug-likeness (QED) is 0.904. The van der Waals surface area contributed by atoms with Gasteiger partial charge in [-0.3, -0.25) is 4.98 Å². The van der Waals surface area contributed by atoms with Crippen molar-refractivity contribution in [3.8, 4) is 11.3 Å². The van der Waals surface area contributed by atoms with Gasteiger partial charge in [0.15, 0.2) is 0 Å². The Morgan fingerprint density at radius 3 is 2.47 bits per heavy atom. The van der Waals surface area contributed by atoms with E-state index < -0.39 is 5.82 Å². The first-order valence-corrected chi connectivity index (χ1v) is 5.58. The summed E-state index contributed by atoms with van der Waals surface area (Å²) in [5, 5.41) is 10.0. The summed E-state index contributed by atoms with van der Waals surface area (Å²) in [6.45, 7) is -0.332. The van der Waals surface area contributed by atoms with Crippen molar-refractivity contribution < 1.29 is 9.50 Å². The first-order valence-electron chi connectivity index (χ1n) is 4.83. The van der Waals surface area contributed by atoms with E-state index in [-0.39, 0.29) is 6.61 Å². The Kier molecular flexibility index (Phi) is 3.62. The van der Waals surface area contributed by atoms with Crippen LogP contribution < -0.4 is 0 Å². The standard InChI is InChI=1S/C12H8Cl2FNO/c13-9-2-1-3-10(14)11(9)12-7(6-17)4-8(15)5-16-12/h1-5,17H,6H2. The second-order valence-corrected chi connectivity index (χ2v) is 4.23. The van der Waals surface area contributed by atoms with Crippen molar-refractivity contribution in [2.24, 2.45) is 0 Å². The van der Waals surface area contributed by atoms with E-state index in [1.165, 1.54) is 6.07 Å². The summed E-state index contributed by atoms with van der Waals surface area (Å²) in [5.74, 6) is -0.513. The highest BCUT2D eigenvalue weighted by Crippen LogP contribution is 2.35. The number of hydrogen-bond donors (Lipinski definition) is 1. The van der Waals surface area contributed by atoms with Crippen LogP contribution in [0.1, 0.15) is 5.56 Å². The lowest BCUT2D eigenvalue weighted by Gasteiger charge is -2.10. The van der Waals surface area contributed by atoms with Crippen LogP contribution in [-0.4, -0.2) is 10.1 Å². The Morgan fingerprint density at radius 1 is 1.24 bits per heavy atom. The van der Waals surface area contributed by atoms with Gasteiger partial charge in [-0.25, -0.2) is 4.39 Å². The van der Waals surface area contributed by atoms with Gasteiger partial charge in [-0.15, -0.1) is 0 Å². The maximum atomic E-state index is 13.0. The van der Waals surface area contributed by atoms with Gasteiger partial charge in [-0.1, -0.05) is 29.3 Å². The molecule has 0 saturated carbocycles. The van der Waals surface area contributed by atoms with E-state index in [4.69, 9.17) is 23.2 Å². The van der Waals surface area contributed by atoms with Crippen molar-refractivity contribution >= 4 is 23.2 Å². The molecule has 1 N–H and O–H groups in total. The monoisotopic (exact) mass is 271 g/mol. The summed E-state index contributed by atoms with van der Waals surface area (Å²) in [7, 11) is 0. The molecular weight excluding hydrogens is 264 g/mol. The zero-order chi connectivity index (χ0) is 12.4. The van der Waals surface area contributed by atoms with Crippen molar-refractivity contribution in [3.05, 3.63) is 51.9 Å². The molecule has 0 amide bonds. The molecule has 5 heteroatoms. The van der Waals surface area contributed by atoms with Gasteiger partial charge in [0.2, 0.25) is 0 Å². The zero-order valence-electron chi connectivity index (χ0n) is 8.62. The lowest BCUT2D eigenvalue weighted by Crippen LogP contribution is -1.96. The number of hydrogen-bond acceptors (Lipinski definition) is 2. The molecule has 0 aliphatic heterocycles. The molecule has 2 rings (SSSR count).